The van der Waals surface area contributed by atoms with Crippen LogP contribution in [0.25, 0.3) is 0 Å². The van der Waals surface area contributed by atoms with Crippen molar-refractivity contribution in [3.05, 3.63) is 53.0 Å². The van der Waals surface area contributed by atoms with Gasteiger partial charge in [-0.05, 0) is 68.4 Å². The predicted molar refractivity (Wildman–Crippen MR) is 126 cm³/mol. The molecule has 0 N–H and O–H groups in total. The standard InChI is InChI=1S/C24H29FN4O3S/c1-16-13-19(18-3-4-18)15-26-23(16)27-8-10-28(11-9-27)24(30)21-6-5-20(14-22(21)25)29-17(2)7-12-33(29,31)32/h5-6,13-15,17-18H,3-4,7-12H2,1-2H3/t17-/m1/s1. The van der Waals surface area contributed by atoms with Gasteiger partial charge in [0.2, 0.25) is 10.0 Å². The Labute approximate surface area is 194 Å². The van der Waals surface area contributed by atoms with Crippen LogP contribution in [0.5, 0.6) is 0 Å². The summed E-state index contributed by atoms with van der Waals surface area (Å²) in [6.45, 7) is 6.09. The number of aryl methyl sites for hydroxylation is 1. The summed E-state index contributed by atoms with van der Waals surface area (Å²) in [6.07, 6.45) is 4.96. The number of anilines is 2. The van der Waals surface area contributed by atoms with Gasteiger partial charge in [0.15, 0.2) is 0 Å². The Kier molecular flexibility index (Phi) is 5.55. The van der Waals surface area contributed by atoms with Gasteiger partial charge < -0.3 is 9.80 Å². The van der Waals surface area contributed by atoms with Gasteiger partial charge in [-0.25, -0.2) is 17.8 Å². The van der Waals surface area contributed by atoms with Crippen molar-refractivity contribution in [3.8, 4) is 0 Å². The summed E-state index contributed by atoms with van der Waals surface area (Å²) >= 11 is 0. The molecule has 1 aromatic carbocycles. The fourth-order valence-corrected chi connectivity index (χ4v) is 6.82. The lowest BCUT2D eigenvalue weighted by atomic mass is 10.1. The lowest BCUT2D eigenvalue weighted by Gasteiger charge is -2.36. The van der Waals surface area contributed by atoms with Gasteiger partial charge in [0.1, 0.15) is 11.6 Å². The highest BCUT2D eigenvalue weighted by Crippen LogP contribution is 2.40. The highest BCUT2D eigenvalue weighted by atomic mass is 32.2. The normalized spacial score (nSPS) is 22.6. The van der Waals surface area contributed by atoms with Crippen molar-refractivity contribution in [2.45, 2.75) is 45.1 Å². The van der Waals surface area contributed by atoms with Crippen molar-refractivity contribution >= 4 is 27.4 Å². The minimum Gasteiger partial charge on any atom is -0.353 e. The number of carbonyl (C=O) groups excluding carboxylic acids is 1. The van der Waals surface area contributed by atoms with Crippen LogP contribution in [-0.2, 0) is 10.0 Å². The lowest BCUT2D eigenvalue weighted by molar-refractivity contribution is 0.0742. The van der Waals surface area contributed by atoms with E-state index in [1.54, 1.807) is 11.8 Å². The predicted octanol–water partition coefficient (Wildman–Crippen LogP) is 3.30. The van der Waals surface area contributed by atoms with E-state index in [4.69, 9.17) is 0 Å². The van der Waals surface area contributed by atoms with Gasteiger partial charge >= 0.3 is 0 Å². The van der Waals surface area contributed by atoms with Crippen LogP contribution in [-0.4, -0.2) is 62.2 Å². The number of piperazine rings is 1. The van der Waals surface area contributed by atoms with Crippen LogP contribution < -0.4 is 9.21 Å². The zero-order valence-corrected chi connectivity index (χ0v) is 19.8. The number of hydrogen-bond donors (Lipinski definition) is 0. The Morgan fingerprint density at radius 2 is 1.82 bits per heavy atom. The number of benzene rings is 1. The molecule has 7 nitrogen and oxygen atoms in total. The molecule has 3 fully saturated rings. The van der Waals surface area contributed by atoms with Crippen LogP contribution in [0.1, 0.15) is 53.6 Å². The number of nitrogens with zero attached hydrogens (tertiary/aromatic N) is 4. The van der Waals surface area contributed by atoms with Crippen molar-refractivity contribution < 1.29 is 17.6 Å². The quantitative estimate of drug-likeness (QED) is 0.683. The van der Waals surface area contributed by atoms with Gasteiger partial charge in [0.05, 0.1) is 17.0 Å². The molecule has 0 radical (unpaired) electrons. The van der Waals surface area contributed by atoms with Gasteiger partial charge in [0.25, 0.3) is 5.91 Å². The summed E-state index contributed by atoms with van der Waals surface area (Å²) in [4.78, 5) is 21.5. The summed E-state index contributed by atoms with van der Waals surface area (Å²) in [5, 5.41) is 0. The number of amides is 1. The Hall–Kier alpha value is -2.68. The summed E-state index contributed by atoms with van der Waals surface area (Å²) in [6, 6.07) is 6.09. The molecule has 0 bridgehead atoms. The highest BCUT2D eigenvalue weighted by molar-refractivity contribution is 7.93. The van der Waals surface area contributed by atoms with Crippen LogP contribution in [0.15, 0.2) is 30.5 Å². The monoisotopic (exact) mass is 472 g/mol. The number of aromatic nitrogens is 1. The molecule has 2 aromatic rings. The van der Waals surface area contributed by atoms with E-state index in [0.29, 0.717) is 38.5 Å². The lowest BCUT2D eigenvalue weighted by Crippen LogP contribution is -2.49. The number of halogens is 1. The van der Waals surface area contributed by atoms with Crippen LogP contribution >= 0.6 is 0 Å². The molecule has 2 aliphatic heterocycles. The van der Waals surface area contributed by atoms with Gasteiger partial charge in [-0.2, -0.15) is 0 Å². The first-order valence-electron chi connectivity index (χ1n) is 11.6. The highest BCUT2D eigenvalue weighted by Gasteiger charge is 2.35. The summed E-state index contributed by atoms with van der Waals surface area (Å²) in [5.74, 6) is 0.600. The van der Waals surface area contributed by atoms with E-state index in [2.05, 4.69) is 22.9 Å². The molecule has 3 heterocycles. The molecule has 3 aliphatic rings. The molecule has 1 amide bonds. The summed E-state index contributed by atoms with van der Waals surface area (Å²) in [7, 11) is -3.44. The van der Waals surface area contributed by atoms with Gasteiger partial charge in [-0.15, -0.1) is 0 Å². The number of sulfonamides is 1. The molecule has 1 aromatic heterocycles. The fraction of sp³-hybridized carbons (Fsp3) is 0.500. The zero-order valence-electron chi connectivity index (χ0n) is 19.0. The Morgan fingerprint density at radius 1 is 1.09 bits per heavy atom. The van der Waals surface area contributed by atoms with Crippen molar-refractivity contribution in [1.82, 2.24) is 9.88 Å². The van der Waals surface area contributed by atoms with Crippen molar-refractivity contribution in [2.75, 3.05) is 41.1 Å². The molecule has 1 saturated carbocycles. The van der Waals surface area contributed by atoms with Crippen LogP contribution in [0.2, 0.25) is 0 Å². The number of carbonyl (C=O) groups is 1. The number of pyridine rings is 1. The topological polar surface area (TPSA) is 73.8 Å². The average molecular weight is 473 g/mol. The van der Waals surface area contributed by atoms with Crippen LogP contribution in [0.3, 0.4) is 0 Å². The molecule has 176 valence electrons. The first kappa shape index (κ1) is 22.1. The van der Waals surface area contributed by atoms with E-state index in [0.717, 1.165) is 17.4 Å². The average Bonchev–Trinajstić information content (AvgIpc) is 3.59. The second kappa shape index (κ2) is 8.27. The Bertz CT molecular complexity index is 1190. The Morgan fingerprint density at radius 3 is 2.39 bits per heavy atom. The minimum absolute atomic E-state index is 0.0282. The molecule has 0 spiro atoms. The second-order valence-electron chi connectivity index (χ2n) is 9.38. The van der Waals surface area contributed by atoms with Crippen molar-refractivity contribution in [3.63, 3.8) is 0 Å². The summed E-state index contributed by atoms with van der Waals surface area (Å²) < 4.78 is 40.7. The second-order valence-corrected chi connectivity index (χ2v) is 11.3. The third kappa shape index (κ3) is 4.18. The molecule has 9 heteroatoms. The molecule has 1 atom stereocenters. The summed E-state index contributed by atoms with van der Waals surface area (Å²) in [5.41, 5.74) is 2.70. The maximum atomic E-state index is 14.9. The zero-order chi connectivity index (χ0) is 23.3. The van der Waals surface area contributed by atoms with Crippen molar-refractivity contribution in [2.24, 2.45) is 0 Å². The largest absolute Gasteiger partial charge is 0.353 e. The minimum atomic E-state index is -3.44. The van der Waals surface area contributed by atoms with Crippen LogP contribution in [0, 0.1) is 12.7 Å². The first-order chi connectivity index (χ1) is 15.7. The molecule has 5 rings (SSSR count). The van der Waals surface area contributed by atoms with E-state index in [1.165, 1.54) is 34.8 Å². The third-order valence-electron chi connectivity index (χ3n) is 6.92. The van der Waals surface area contributed by atoms with E-state index in [-0.39, 0.29) is 29.0 Å². The van der Waals surface area contributed by atoms with Gasteiger partial charge in [0, 0.05) is 38.4 Å². The molecular weight excluding hydrogens is 443 g/mol. The molecule has 2 saturated heterocycles. The van der Waals surface area contributed by atoms with Crippen LogP contribution in [0.4, 0.5) is 15.9 Å². The molecule has 33 heavy (non-hydrogen) atoms. The van der Waals surface area contributed by atoms with E-state index >= 15 is 0 Å². The molecular formula is C24H29FN4O3S. The molecule has 1 aliphatic carbocycles. The number of hydrogen-bond acceptors (Lipinski definition) is 5. The van der Waals surface area contributed by atoms with Gasteiger partial charge in [-0.1, -0.05) is 6.07 Å². The number of rotatable bonds is 4. The van der Waals surface area contributed by atoms with E-state index in [9.17, 15) is 17.6 Å². The first-order valence-corrected chi connectivity index (χ1v) is 13.2. The SMILES string of the molecule is Cc1cc(C2CC2)cnc1N1CCN(C(=O)c2ccc(N3[C@H](C)CCS3(=O)=O)cc2F)CC1. The van der Waals surface area contributed by atoms with E-state index < -0.39 is 15.8 Å². The van der Waals surface area contributed by atoms with Gasteiger partial charge in [-0.3, -0.25) is 9.10 Å². The maximum absolute atomic E-state index is 14.9. The Balaban J connectivity index is 1.26. The maximum Gasteiger partial charge on any atom is 0.256 e. The van der Waals surface area contributed by atoms with E-state index in [1.807, 2.05) is 6.20 Å². The molecule has 0 unspecified atom stereocenters. The fourth-order valence-electron chi connectivity index (χ4n) is 4.89. The van der Waals surface area contributed by atoms with Crippen molar-refractivity contribution in [1.29, 1.82) is 0 Å². The smallest absolute Gasteiger partial charge is 0.256 e. The third-order valence-corrected chi connectivity index (χ3v) is 8.84.